The second kappa shape index (κ2) is 15.2. The molecule has 0 radical (unpaired) electrons. The highest BCUT2D eigenvalue weighted by molar-refractivity contribution is 7.92. The van der Waals surface area contributed by atoms with Crippen LogP contribution < -0.4 is 9.62 Å². The molecule has 2 amide bonds. The predicted octanol–water partition coefficient (Wildman–Crippen LogP) is 5.75. The van der Waals surface area contributed by atoms with Crippen molar-refractivity contribution >= 4 is 27.5 Å². The van der Waals surface area contributed by atoms with Crippen LogP contribution in [0.5, 0.6) is 0 Å². The number of benzene rings is 4. The van der Waals surface area contributed by atoms with E-state index < -0.39 is 28.5 Å². The number of carbonyl (C=O) groups is 2. The standard InChI is InChI=1S/C35H39N3O4S/c1-3-4-23-36-35(40)33(25-29-16-8-5-9-17-29)37(26-30-18-10-6-11-19-30)34(39)27-38(31-20-14-15-28(2)24-31)43(41,42)32-21-12-7-13-22-32/h5-22,24,33H,3-4,23,25-27H2,1-2H3,(H,36,40)/t33-/m1/s1. The van der Waals surface area contributed by atoms with E-state index in [-0.39, 0.29) is 23.8 Å². The zero-order chi connectivity index (χ0) is 30.7. The van der Waals surface area contributed by atoms with Crippen molar-refractivity contribution in [1.82, 2.24) is 10.2 Å². The summed E-state index contributed by atoms with van der Waals surface area (Å²) < 4.78 is 29.2. The minimum atomic E-state index is -4.11. The quantitative estimate of drug-likeness (QED) is 0.188. The number of sulfonamides is 1. The number of amides is 2. The summed E-state index contributed by atoms with van der Waals surface area (Å²) in [5.41, 5.74) is 2.97. The molecular weight excluding hydrogens is 558 g/mol. The van der Waals surface area contributed by atoms with Crippen molar-refractivity contribution in [2.75, 3.05) is 17.4 Å². The number of carbonyl (C=O) groups excluding carboxylic acids is 2. The molecule has 7 nitrogen and oxygen atoms in total. The normalized spacial score (nSPS) is 11.9. The van der Waals surface area contributed by atoms with E-state index in [0.717, 1.165) is 33.8 Å². The maximum absolute atomic E-state index is 14.4. The van der Waals surface area contributed by atoms with Crippen molar-refractivity contribution in [2.45, 2.75) is 50.6 Å². The molecular formula is C35H39N3O4S. The minimum Gasteiger partial charge on any atom is -0.354 e. The fourth-order valence-corrected chi connectivity index (χ4v) is 6.30. The van der Waals surface area contributed by atoms with Gasteiger partial charge in [-0.25, -0.2) is 8.42 Å². The van der Waals surface area contributed by atoms with Gasteiger partial charge >= 0.3 is 0 Å². The molecule has 0 saturated carbocycles. The molecule has 0 aliphatic heterocycles. The number of nitrogens with one attached hydrogen (secondary N) is 1. The monoisotopic (exact) mass is 597 g/mol. The van der Waals surface area contributed by atoms with E-state index in [0.29, 0.717) is 12.2 Å². The van der Waals surface area contributed by atoms with Crippen LogP contribution in [0, 0.1) is 6.92 Å². The highest BCUT2D eigenvalue weighted by Crippen LogP contribution is 2.25. The fraction of sp³-hybridized carbons (Fsp3) is 0.257. The lowest BCUT2D eigenvalue weighted by atomic mass is 10.0. The van der Waals surface area contributed by atoms with Crippen molar-refractivity contribution in [1.29, 1.82) is 0 Å². The summed E-state index contributed by atoms with van der Waals surface area (Å²) in [6, 6.07) is 33.3. The molecule has 0 unspecified atom stereocenters. The summed E-state index contributed by atoms with van der Waals surface area (Å²) in [5, 5.41) is 3.01. The molecule has 8 heteroatoms. The van der Waals surface area contributed by atoms with E-state index in [2.05, 4.69) is 5.32 Å². The fourth-order valence-electron chi connectivity index (χ4n) is 4.87. The van der Waals surface area contributed by atoms with E-state index in [1.54, 1.807) is 36.4 Å². The molecule has 0 aliphatic rings. The van der Waals surface area contributed by atoms with Crippen LogP contribution in [0.3, 0.4) is 0 Å². The Kier molecular flexibility index (Phi) is 11.1. The number of hydrogen-bond donors (Lipinski definition) is 1. The predicted molar refractivity (Wildman–Crippen MR) is 171 cm³/mol. The van der Waals surface area contributed by atoms with Gasteiger partial charge in [0, 0.05) is 19.5 Å². The van der Waals surface area contributed by atoms with Gasteiger partial charge in [0.25, 0.3) is 10.0 Å². The molecule has 1 N–H and O–H groups in total. The van der Waals surface area contributed by atoms with Crippen molar-refractivity contribution < 1.29 is 18.0 Å². The number of unbranched alkanes of at least 4 members (excludes halogenated alkanes) is 1. The second-order valence-corrected chi connectivity index (χ2v) is 12.4. The van der Waals surface area contributed by atoms with Gasteiger partial charge in [-0.15, -0.1) is 0 Å². The molecule has 224 valence electrons. The number of hydrogen-bond acceptors (Lipinski definition) is 4. The van der Waals surface area contributed by atoms with Crippen LogP contribution in [0.25, 0.3) is 0 Å². The molecule has 0 fully saturated rings. The summed E-state index contributed by atoms with van der Waals surface area (Å²) in [7, 11) is -4.11. The van der Waals surface area contributed by atoms with Crippen LogP contribution in [0.2, 0.25) is 0 Å². The van der Waals surface area contributed by atoms with Crippen molar-refractivity contribution in [2.24, 2.45) is 0 Å². The number of aryl methyl sites for hydroxylation is 1. The van der Waals surface area contributed by atoms with Crippen LogP contribution in [0.15, 0.2) is 120 Å². The Bertz CT molecular complexity index is 1580. The lowest BCUT2D eigenvalue weighted by Gasteiger charge is -2.34. The summed E-state index contributed by atoms with van der Waals surface area (Å²) in [5.74, 6) is -0.744. The Morgan fingerprint density at radius 2 is 1.40 bits per heavy atom. The summed E-state index contributed by atoms with van der Waals surface area (Å²) >= 11 is 0. The smallest absolute Gasteiger partial charge is 0.264 e. The number of rotatable bonds is 14. The Balaban J connectivity index is 1.77. The van der Waals surface area contributed by atoms with E-state index >= 15 is 0 Å². The second-order valence-electron chi connectivity index (χ2n) is 10.5. The van der Waals surface area contributed by atoms with E-state index in [1.165, 1.54) is 17.0 Å². The molecule has 4 rings (SSSR count). The highest BCUT2D eigenvalue weighted by Gasteiger charge is 2.34. The van der Waals surface area contributed by atoms with Gasteiger partial charge in [-0.05, 0) is 54.3 Å². The van der Waals surface area contributed by atoms with Gasteiger partial charge in [0.1, 0.15) is 12.6 Å². The lowest BCUT2D eigenvalue weighted by molar-refractivity contribution is -0.140. The average molecular weight is 598 g/mol. The van der Waals surface area contributed by atoms with Gasteiger partial charge < -0.3 is 10.2 Å². The van der Waals surface area contributed by atoms with E-state index in [9.17, 15) is 18.0 Å². The summed E-state index contributed by atoms with van der Waals surface area (Å²) in [6.07, 6.45) is 2.01. The lowest BCUT2D eigenvalue weighted by Crippen LogP contribution is -2.53. The topological polar surface area (TPSA) is 86.8 Å². The molecule has 4 aromatic rings. The van der Waals surface area contributed by atoms with E-state index in [1.807, 2.05) is 80.6 Å². The molecule has 0 spiro atoms. The SMILES string of the molecule is CCCCNC(=O)[C@@H](Cc1ccccc1)N(Cc1ccccc1)C(=O)CN(c1cccc(C)c1)S(=O)(=O)c1ccccc1. The van der Waals surface area contributed by atoms with Crippen molar-refractivity contribution in [3.63, 3.8) is 0 Å². The molecule has 0 bridgehead atoms. The third kappa shape index (κ3) is 8.55. The molecule has 0 heterocycles. The molecule has 0 aromatic heterocycles. The first-order valence-corrected chi connectivity index (χ1v) is 16.0. The first kappa shape index (κ1) is 31.5. The minimum absolute atomic E-state index is 0.0806. The molecule has 4 aromatic carbocycles. The third-order valence-corrected chi connectivity index (χ3v) is 8.98. The Labute approximate surface area is 255 Å². The van der Waals surface area contributed by atoms with Gasteiger partial charge in [-0.2, -0.15) is 0 Å². The first-order chi connectivity index (χ1) is 20.8. The first-order valence-electron chi connectivity index (χ1n) is 14.6. The Morgan fingerprint density at radius 1 is 0.791 bits per heavy atom. The zero-order valence-electron chi connectivity index (χ0n) is 24.7. The maximum atomic E-state index is 14.4. The molecule has 0 saturated heterocycles. The summed E-state index contributed by atoms with van der Waals surface area (Å²) in [4.78, 5) is 29.7. The van der Waals surface area contributed by atoms with Crippen LogP contribution in [0.1, 0.15) is 36.5 Å². The van der Waals surface area contributed by atoms with Crippen LogP contribution >= 0.6 is 0 Å². The van der Waals surface area contributed by atoms with Crippen molar-refractivity contribution in [3.8, 4) is 0 Å². The number of anilines is 1. The van der Waals surface area contributed by atoms with Gasteiger partial charge in [-0.3, -0.25) is 13.9 Å². The van der Waals surface area contributed by atoms with Crippen LogP contribution in [-0.2, 0) is 32.6 Å². The van der Waals surface area contributed by atoms with Gasteiger partial charge in [0.15, 0.2) is 0 Å². The van der Waals surface area contributed by atoms with Crippen LogP contribution in [-0.4, -0.2) is 44.3 Å². The Hall–Kier alpha value is -4.43. The average Bonchev–Trinajstić information content (AvgIpc) is 3.03. The van der Waals surface area contributed by atoms with Gasteiger partial charge in [0.2, 0.25) is 11.8 Å². The zero-order valence-corrected chi connectivity index (χ0v) is 25.5. The summed E-state index contributed by atoms with van der Waals surface area (Å²) in [6.45, 7) is 4.08. The molecule has 0 aliphatic carbocycles. The third-order valence-electron chi connectivity index (χ3n) is 7.20. The van der Waals surface area contributed by atoms with E-state index in [4.69, 9.17) is 0 Å². The van der Waals surface area contributed by atoms with Gasteiger partial charge in [-0.1, -0.05) is 104 Å². The Morgan fingerprint density at radius 3 is 2.00 bits per heavy atom. The molecule has 43 heavy (non-hydrogen) atoms. The highest BCUT2D eigenvalue weighted by atomic mass is 32.2. The number of nitrogens with zero attached hydrogens (tertiary/aromatic N) is 2. The largest absolute Gasteiger partial charge is 0.354 e. The van der Waals surface area contributed by atoms with Crippen LogP contribution in [0.4, 0.5) is 5.69 Å². The van der Waals surface area contributed by atoms with Gasteiger partial charge in [0.05, 0.1) is 10.6 Å². The molecule has 1 atom stereocenters. The maximum Gasteiger partial charge on any atom is 0.264 e. The van der Waals surface area contributed by atoms with Crippen molar-refractivity contribution in [3.05, 3.63) is 132 Å².